The number of likely N-dealkylation sites (tertiary alicyclic amines) is 1. The van der Waals surface area contributed by atoms with Crippen LogP contribution in [0.3, 0.4) is 0 Å². The zero-order chi connectivity index (χ0) is 12.2. The second-order valence-corrected chi connectivity index (χ2v) is 4.68. The van der Waals surface area contributed by atoms with Gasteiger partial charge in [-0.2, -0.15) is 13.2 Å². The molecule has 0 bridgehead atoms. The van der Waals surface area contributed by atoms with Crippen molar-refractivity contribution in [3.05, 3.63) is 0 Å². The lowest BCUT2D eigenvalue weighted by Gasteiger charge is -2.19. The van der Waals surface area contributed by atoms with Crippen LogP contribution in [0.25, 0.3) is 0 Å². The van der Waals surface area contributed by atoms with Gasteiger partial charge in [-0.3, -0.25) is 0 Å². The lowest BCUT2D eigenvalue weighted by Crippen LogP contribution is -2.36. The minimum absolute atomic E-state index is 0.0524. The van der Waals surface area contributed by atoms with Gasteiger partial charge in [0.1, 0.15) is 0 Å². The summed E-state index contributed by atoms with van der Waals surface area (Å²) in [6.07, 6.45) is -2.14. The van der Waals surface area contributed by atoms with E-state index in [0.29, 0.717) is 5.92 Å². The van der Waals surface area contributed by atoms with Crippen molar-refractivity contribution in [2.24, 2.45) is 5.92 Å². The maximum atomic E-state index is 12.0. The Balaban J connectivity index is 2.17. The molecule has 1 aliphatic rings. The molecule has 5 heteroatoms. The first-order valence-electron chi connectivity index (χ1n) is 5.93. The zero-order valence-electron chi connectivity index (χ0n) is 9.98. The molecule has 1 aliphatic heterocycles. The summed E-state index contributed by atoms with van der Waals surface area (Å²) in [6.45, 7) is 6.25. The van der Waals surface area contributed by atoms with E-state index in [0.717, 1.165) is 32.5 Å². The van der Waals surface area contributed by atoms with Crippen molar-refractivity contribution < 1.29 is 13.2 Å². The van der Waals surface area contributed by atoms with Crippen LogP contribution in [-0.4, -0.2) is 43.3 Å². The molecule has 1 fully saturated rings. The molecule has 1 heterocycles. The van der Waals surface area contributed by atoms with Gasteiger partial charge in [0.2, 0.25) is 0 Å². The third-order valence-corrected chi connectivity index (χ3v) is 3.16. The van der Waals surface area contributed by atoms with E-state index in [4.69, 9.17) is 0 Å². The minimum atomic E-state index is -4.10. The number of nitrogens with zero attached hydrogens (tertiary/aromatic N) is 1. The number of nitrogens with one attached hydrogen (secondary N) is 1. The van der Waals surface area contributed by atoms with Gasteiger partial charge in [0.15, 0.2) is 0 Å². The van der Waals surface area contributed by atoms with Crippen molar-refractivity contribution in [2.75, 3.05) is 26.2 Å². The van der Waals surface area contributed by atoms with Crippen LogP contribution in [0, 0.1) is 5.92 Å². The van der Waals surface area contributed by atoms with E-state index in [1.807, 2.05) is 6.92 Å². The van der Waals surface area contributed by atoms with E-state index in [2.05, 4.69) is 17.1 Å². The lowest BCUT2D eigenvalue weighted by molar-refractivity contribution is -0.126. The highest BCUT2D eigenvalue weighted by Gasteiger charge is 2.28. The Hall–Kier alpha value is -0.290. The van der Waals surface area contributed by atoms with Gasteiger partial charge in [0.05, 0.1) is 6.54 Å². The van der Waals surface area contributed by atoms with E-state index >= 15 is 0 Å². The highest BCUT2D eigenvalue weighted by Crippen LogP contribution is 2.21. The van der Waals surface area contributed by atoms with Crippen molar-refractivity contribution in [3.8, 4) is 0 Å². The van der Waals surface area contributed by atoms with E-state index < -0.39 is 12.7 Å². The molecular weight excluding hydrogens is 217 g/mol. The molecule has 2 unspecified atom stereocenters. The van der Waals surface area contributed by atoms with Gasteiger partial charge in [-0.15, -0.1) is 0 Å². The highest BCUT2D eigenvalue weighted by molar-refractivity contribution is 4.78. The summed E-state index contributed by atoms with van der Waals surface area (Å²) in [4.78, 5) is 2.35. The molecular formula is C11H21F3N2. The number of hydrogen-bond acceptors (Lipinski definition) is 2. The fourth-order valence-electron chi connectivity index (χ4n) is 2.27. The first kappa shape index (κ1) is 13.8. The molecule has 0 aliphatic carbocycles. The second kappa shape index (κ2) is 5.87. The van der Waals surface area contributed by atoms with Gasteiger partial charge < -0.3 is 10.2 Å². The Bertz CT molecular complexity index is 206. The van der Waals surface area contributed by atoms with Crippen molar-refractivity contribution in [1.82, 2.24) is 10.2 Å². The summed E-state index contributed by atoms with van der Waals surface area (Å²) in [5.41, 5.74) is 0. The van der Waals surface area contributed by atoms with Gasteiger partial charge in [0, 0.05) is 12.6 Å². The van der Waals surface area contributed by atoms with Gasteiger partial charge in [-0.25, -0.2) is 0 Å². The topological polar surface area (TPSA) is 15.3 Å². The molecule has 0 aromatic rings. The van der Waals surface area contributed by atoms with Crippen LogP contribution in [0.5, 0.6) is 0 Å². The summed E-state index contributed by atoms with van der Waals surface area (Å²) >= 11 is 0. The van der Waals surface area contributed by atoms with Crippen LogP contribution in [0.15, 0.2) is 0 Å². The van der Waals surface area contributed by atoms with Crippen LogP contribution in [0.4, 0.5) is 13.2 Å². The molecule has 1 saturated heterocycles. The first-order valence-corrected chi connectivity index (χ1v) is 5.93. The smallest absolute Gasteiger partial charge is 0.306 e. The molecule has 2 nitrogen and oxygen atoms in total. The van der Waals surface area contributed by atoms with Crippen molar-refractivity contribution >= 4 is 0 Å². The highest BCUT2D eigenvalue weighted by atomic mass is 19.4. The Labute approximate surface area is 95.2 Å². The Morgan fingerprint density at radius 3 is 2.62 bits per heavy atom. The SMILES string of the molecule is CCN1CCC(CC(C)NCC(F)(F)F)C1. The van der Waals surface area contributed by atoms with Crippen LogP contribution < -0.4 is 5.32 Å². The van der Waals surface area contributed by atoms with Crippen LogP contribution >= 0.6 is 0 Å². The molecule has 0 spiro atoms. The predicted octanol–water partition coefficient (Wildman–Crippen LogP) is 2.26. The quantitative estimate of drug-likeness (QED) is 0.790. The van der Waals surface area contributed by atoms with E-state index in [-0.39, 0.29) is 6.04 Å². The molecule has 0 radical (unpaired) electrons. The molecule has 0 aromatic heterocycles. The molecule has 0 aromatic carbocycles. The van der Waals surface area contributed by atoms with Gasteiger partial charge in [0.25, 0.3) is 0 Å². The number of hydrogen-bond donors (Lipinski definition) is 1. The van der Waals surface area contributed by atoms with Gasteiger partial charge in [-0.05, 0) is 38.8 Å². The normalized spacial score (nSPS) is 24.9. The monoisotopic (exact) mass is 238 g/mol. The van der Waals surface area contributed by atoms with Gasteiger partial charge >= 0.3 is 6.18 Å². The van der Waals surface area contributed by atoms with Crippen molar-refractivity contribution in [1.29, 1.82) is 0 Å². The van der Waals surface area contributed by atoms with Crippen molar-refractivity contribution in [2.45, 2.75) is 38.9 Å². The summed E-state index contributed by atoms with van der Waals surface area (Å²) in [7, 11) is 0. The maximum absolute atomic E-state index is 12.0. The first-order chi connectivity index (χ1) is 7.40. The molecule has 16 heavy (non-hydrogen) atoms. The van der Waals surface area contributed by atoms with E-state index in [9.17, 15) is 13.2 Å². The third kappa shape index (κ3) is 5.16. The fraction of sp³-hybridized carbons (Fsp3) is 1.00. The van der Waals surface area contributed by atoms with Crippen LogP contribution in [-0.2, 0) is 0 Å². The third-order valence-electron chi connectivity index (χ3n) is 3.16. The minimum Gasteiger partial charge on any atom is -0.306 e. The summed E-state index contributed by atoms with van der Waals surface area (Å²) in [6, 6.07) is -0.0524. The number of alkyl halides is 3. The lowest BCUT2D eigenvalue weighted by atomic mass is 10.00. The molecule has 0 amide bonds. The molecule has 96 valence electrons. The van der Waals surface area contributed by atoms with Crippen molar-refractivity contribution in [3.63, 3.8) is 0 Å². The fourth-order valence-corrected chi connectivity index (χ4v) is 2.27. The summed E-state index contributed by atoms with van der Waals surface area (Å²) in [5.74, 6) is 0.552. The van der Waals surface area contributed by atoms with Gasteiger partial charge in [-0.1, -0.05) is 6.92 Å². The largest absolute Gasteiger partial charge is 0.401 e. The Kier molecular flexibility index (Phi) is 5.05. The zero-order valence-corrected chi connectivity index (χ0v) is 9.98. The Morgan fingerprint density at radius 1 is 1.44 bits per heavy atom. The molecule has 1 rings (SSSR count). The maximum Gasteiger partial charge on any atom is 0.401 e. The summed E-state index contributed by atoms with van der Waals surface area (Å²) in [5, 5.41) is 2.54. The Morgan fingerprint density at radius 2 is 2.12 bits per heavy atom. The second-order valence-electron chi connectivity index (χ2n) is 4.68. The standard InChI is InChI=1S/C11H21F3N2/c1-3-16-5-4-10(7-16)6-9(2)15-8-11(12,13)14/h9-10,15H,3-8H2,1-2H3. The number of rotatable bonds is 5. The van der Waals surface area contributed by atoms with E-state index in [1.165, 1.54) is 0 Å². The molecule has 1 N–H and O–H groups in total. The predicted molar refractivity (Wildman–Crippen MR) is 58.4 cm³/mol. The average Bonchev–Trinajstić information content (AvgIpc) is 2.61. The molecule has 2 atom stereocenters. The average molecular weight is 238 g/mol. The van der Waals surface area contributed by atoms with E-state index in [1.54, 1.807) is 0 Å². The molecule has 0 saturated carbocycles. The summed E-state index contributed by atoms with van der Waals surface area (Å²) < 4.78 is 35.9. The number of halogens is 3. The van der Waals surface area contributed by atoms with Crippen LogP contribution in [0.1, 0.15) is 26.7 Å². The van der Waals surface area contributed by atoms with Crippen LogP contribution in [0.2, 0.25) is 0 Å².